The van der Waals surface area contributed by atoms with Gasteiger partial charge in [0.15, 0.2) is 5.03 Å². The van der Waals surface area contributed by atoms with Crippen LogP contribution < -0.4 is 4.72 Å². The van der Waals surface area contributed by atoms with E-state index in [1.54, 1.807) is 19.1 Å². The molecule has 0 radical (unpaired) electrons. The molecule has 98 valence electrons. The SMILES string of the molecule is CCc1ncc(S(=O)(=O)NCc2ccc(C)o2)[nH]1. The van der Waals surface area contributed by atoms with Crippen molar-refractivity contribution >= 4 is 10.0 Å². The Hall–Kier alpha value is -1.60. The van der Waals surface area contributed by atoms with Crippen LogP contribution in [-0.2, 0) is 23.0 Å². The number of sulfonamides is 1. The highest BCUT2D eigenvalue weighted by Gasteiger charge is 2.17. The molecule has 0 aliphatic rings. The summed E-state index contributed by atoms with van der Waals surface area (Å²) in [6, 6.07) is 3.53. The number of nitrogens with one attached hydrogen (secondary N) is 2. The third-order valence-corrected chi connectivity index (χ3v) is 3.77. The van der Waals surface area contributed by atoms with Crippen molar-refractivity contribution in [2.45, 2.75) is 31.8 Å². The second-order valence-electron chi connectivity index (χ2n) is 3.88. The van der Waals surface area contributed by atoms with Crippen LogP contribution in [0.4, 0.5) is 0 Å². The van der Waals surface area contributed by atoms with E-state index in [9.17, 15) is 8.42 Å². The van der Waals surface area contributed by atoms with Gasteiger partial charge in [-0.1, -0.05) is 6.92 Å². The Balaban J connectivity index is 2.07. The largest absolute Gasteiger partial charge is 0.465 e. The van der Waals surface area contributed by atoms with Gasteiger partial charge in [0.25, 0.3) is 10.0 Å². The zero-order valence-corrected chi connectivity index (χ0v) is 11.0. The van der Waals surface area contributed by atoms with E-state index in [0.717, 1.165) is 5.76 Å². The minimum absolute atomic E-state index is 0.0719. The summed E-state index contributed by atoms with van der Waals surface area (Å²) in [6.07, 6.45) is 1.97. The third kappa shape index (κ3) is 2.80. The summed E-state index contributed by atoms with van der Waals surface area (Å²) >= 11 is 0. The quantitative estimate of drug-likeness (QED) is 0.857. The fourth-order valence-corrected chi connectivity index (χ4v) is 2.42. The molecule has 7 heteroatoms. The minimum Gasteiger partial charge on any atom is -0.465 e. The number of aromatic amines is 1. The number of H-pyrrole nitrogens is 1. The molecule has 6 nitrogen and oxygen atoms in total. The van der Waals surface area contributed by atoms with E-state index in [-0.39, 0.29) is 11.6 Å². The summed E-state index contributed by atoms with van der Waals surface area (Å²) in [5.41, 5.74) is 0. The molecule has 18 heavy (non-hydrogen) atoms. The Morgan fingerprint density at radius 1 is 1.44 bits per heavy atom. The highest BCUT2D eigenvalue weighted by atomic mass is 32.2. The first-order valence-electron chi connectivity index (χ1n) is 5.60. The standard InChI is InChI=1S/C11H15N3O3S/c1-3-10-12-7-11(14-10)18(15,16)13-6-9-5-4-8(2)17-9/h4-5,7,13H,3,6H2,1-2H3,(H,12,14). The van der Waals surface area contributed by atoms with Gasteiger partial charge in [-0.3, -0.25) is 0 Å². The molecule has 2 rings (SSSR count). The predicted octanol–water partition coefficient (Wildman–Crippen LogP) is 1.35. The van der Waals surface area contributed by atoms with Gasteiger partial charge >= 0.3 is 0 Å². The summed E-state index contributed by atoms with van der Waals surface area (Å²) in [7, 11) is -3.57. The maximum Gasteiger partial charge on any atom is 0.258 e. The Morgan fingerprint density at radius 3 is 2.78 bits per heavy atom. The van der Waals surface area contributed by atoms with Gasteiger partial charge in [-0.2, -0.15) is 0 Å². The summed E-state index contributed by atoms with van der Waals surface area (Å²) in [5, 5.41) is 0.0719. The molecule has 2 aromatic rings. The number of rotatable bonds is 5. The van der Waals surface area contributed by atoms with Crippen LogP contribution in [0.25, 0.3) is 0 Å². The molecule has 0 amide bonds. The number of imidazole rings is 1. The summed E-state index contributed by atoms with van der Waals surface area (Å²) < 4.78 is 31.6. The minimum atomic E-state index is -3.57. The van der Waals surface area contributed by atoms with E-state index in [1.807, 2.05) is 6.92 Å². The van der Waals surface area contributed by atoms with Gasteiger partial charge in [-0.25, -0.2) is 18.1 Å². The zero-order valence-electron chi connectivity index (χ0n) is 10.2. The molecule has 0 fully saturated rings. The van der Waals surface area contributed by atoms with Crippen LogP contribution in [0.2, 0.25) is 0 Å². The Labute approximate surface area is 105 Å². The van der Waals surface area contributed by atoms with Crippen LogP contribution in [0.1, 0.15) is 24.3 Å². The molecule has 0 bridgehead atoms. The Kier molecular flexibility index (Phi) is 3.53. The highest BCUT2D eigenvalue weighted by molar-refractivity contribution is 7.89. The first-order valence-corrected chi connectivity index (χ1v) is 7.08. The molecule has 0 aromatic carbocycles. The van der Waals surface area contributed by atoms with E-state index in [1.165, 1.54) is 6.20 Å². The fourth-order valence-electron chi connectivity index (χ4n) is 1.48. The fraction of sp³-hybridized carbons (Fsp3) is 0.364. The second kappa shape index (κ2) is 4.95. The van der Waals surface area contributed by atoms with Gasteiger partial charge < -0.3 is 9.40 Å². The number of hydrogen-bond donors (Lipinski definition) is 2. The van der Waals surface area contributed by atoms with Crippen molar-refractivity contribution in [2.24, 2.45) is 0 Å². The van der Waals surface area contributed by atoms with Crippen LogP contribution >= 0.6 is 0 Å². The lowest BCUT2D eigenvalue weighted by molar-refractivity contribution is 0.475. The molecule has 0 spiro atoms. The summed E-state index contributed by atoms with van der Waals surface area (Å²) in [4.78, 5) is 6.71. The summed E-state index contributed by atoms with van der Waals surface area (Å²) in [6.45, 7) is 3.82. The first kappa shape index (κ1) is 12.8. The summed E-state index contributed by atoms with van der Waals surface area (Å²) in [5.74, 6) is 1.97. The van der Waals surface area contributed by atoms with Crippen LogP contribution in [0.3, 0.4) is 0 Å². The number of furan rings is 1. The predicted molar refractivity (Wildman–Crippen MR) is 65.4 cm³/mol. The van der Waals surface area contributed by atoms with Crippen molar-refractivity contribution in [1.82, 2.24) is 14.7 Å². The van der Waals surface area contributed by atoms with Gasteiger partial charge in [0.1, 0.15) is 17.3 Å². The van der Waals surface area contributed by atoms with Crippen molar-refractivity contribution in [2.75, 3.05) is 0 Å². The third-order valence-electron chi connectivity index (χ3n) is 2.46. The van der Waals surface area contributed by atoms with Crippen molar-refractivity contribution in [1.29, 1.82) is 0 Å². The molecule has 0 unspecified atom stereocenters. The van der Waals surface area contributed by atoms with Gasteiger partial charge in [-0.05, 0) is 19.1 Å². The molecule has 2 heterocycles. The van der Waals surface area contributed by atoms with Crippen LogP contribution in [0.5, 0.6) is 0 Å². The monoisotopic (exact) mass is 269 g/mol. The van der Waals surface area contributed by atoms with E-state index in [4.69, 9.17) is 4.42 Å². The van der Waals surface area contributed by atoms with Gasteiger partial charge in [-0.15, -0.1) is 0 Å². The Bertz CT molecular complexity index is 628. The van der Waals surface area contributed by atoms with Crippen molar-refractivity contribution in [3.8, 4) is 0 Å². The smallest absolute Gasteiger partial charge is 0.258 e. The van der Waals surface area contributed by atoms with E-state index < -0.39 is 10.0 Å². The van der Waals surface area contributed by atoms with Crippen molar-refractivity contribution in [3.05, 3.63) is 35.7 Å². The van der Waals surface area contributed by atoms with Crippen LogP contribution in [0.15, 0.2) is 27.8 Å². The topological polar surface area (TPSA) is 88.0 Å². The van der Waals surface area contributed by atoms with Gasteiger partial charge in [0, 0.05) is 6.42 Å². The molecule has 0 saturated heterocycles. The number of hydrogen-bond acceptors (Lipinski definition) is 4. The molecule has 0 aliphatic heterocycles. The molecule has 0 aliphatic carbocycles. The highest BCUT2D eigenvalue weighted by Crippen LogP contribution is 2.09. The normalized spacial score (nSPS) is 11.9. The molecule has 0 atom stereocenters. The van der Waals surface area contributed by atoms with Crippen LogP contribution in [0, 0.1) is 6.92 Å². The lowest BCUT2D eigenvalue weighted by atomic mass is 10.4. The molecule has 0 saturated carbocycles. The van der Waals surface area contributed by atoms with E-state index >= 15 is 0 Å². The van der Waals surface area contributed by atoms with Crippen molar-refractivity contribution in [3.63, 3.8) is 0 Å². The average Bonchev–Trinajstić information content (AvgIpc) is 2.95. The molecule has 2 N–H and O–H groups in total. The molecule has 2 aromatic heterocycles. The molecular weight excluding hydrogens is 254 g/mol. The lowest BCUT2D eigenvalue weighted by Crippen LogP contribution is -2.23. The number of aromatic nitrogens is 2. The van der Waals surface area contributed by atoms with E-state index in [2.05, 4.69) is 14.7 Å². The number of aryl methyl sites for hydroxylation is 2. The lowest BCUT2D eigenvalue weighted by Gasteiger charge is -2.02. The average molecular weight is 269 g/mol. The zero-order chi connectivity index (χ0) is 13.2. The maximum absolute atomic E-state index is 11.9. The first-order chi connectivity index (χ1) is 8.51. The maximum atomic E-state index is 11.9. The second-order valence-corrected chi connectivity index (χ2v) is 5.62. The van der Waals surface area contributed by atoms with Crippen LogP contribution in [-0.4, -0.2) is 18.4 Å². The van der Waals surface area contributed by atoms with E-state index in [0.29, 0.717) is 18.0 Å². The van der Waals surface area contributed by atoms with Crippen molar-refractivity contribution < 1.29 is 12.8 Å². The van der Waals surface area contributed by atoms with Gasteiger partial charge in [0.2, 0.25) is 0 Å². The number of nitrogens with zero attached hydrogens (tertiary/aromatic N) is 1. The molecular formula is C11H15N3O3S. The van der Waals surface area contributed by atoms with Gasteiger partial charge in [0.05, 0.1) is 12.7 Å². The Morgan fingerprint density at radius 2 is 2.22 bits per heavy atom.